The van der Waals surface area contributed by atoms with Crippen LogP contribution < -0.4 is 0 Å². The number of fused-ring (bicyclic) bond motifs is 5. The Labute approximate surface area is 170 Å². The second-order valence-corrected chi connectivity index (χ2v) is 10.6. The maximum atomic E-state index is 11.1. The predicted molar refractivity (Wildman–Crippen MR) is 107 cm³/mol. The molecule has 4 saturated carbocycles. The first-order chi connectivity index (χ1) is 14.2. The monoisotopic (exact) mass is 380 g/mol. The second-order valence-electron chi connectivity index (χ2n) is 10.6. The summed E-state index contributed by atoms with van der Waals surface area (Å²) in [7, 11) is 0. The Hall–Kier alpha value is -0.570. The van der Waals surface area contributed by atoms with E-state index in [1.807, 2.05) is 0 Å². The molecule has 0 aromatic carbocycles. The van der Waals surface area contributed by atoms with E-state index in [1.165, 1.54) is 0 Å². The molecule has 0 radical (unpaired) electrons. The predicted octanol–water partition coefficient (Wildman–Crippen LogP) is 5.51. The first-order valence-corrected chi connectivity index (χ1v) is 11.1. The van der Waals surface area contributed by atoms with Gasteiger partial charge in [-0.25, -0.2) is 0 Å². The van der Waals surface area contributed by atoms with Crippen molar-refractivity contribution in [3.63, 3.8) is 0 Å². The quantitative estimate of drug-likeness (QED) is 0.676. The molecule has 4 rings (SSSR count). The highest BCUT2D eigenvalue weighted by molar-refractivity contribution is 5.66. The van der Waals surface area contributed by atoms with Crippen molar-refractivity contribution in [2.45, 2.75) is 97.4 Å². The Morgan fingerprint density at radius 3 is 2.59 bits per heavy atom. The molecule has 0 aliphatic heterocycles. The summed E-state index contributed by atoms with van der Waals surface area (Å²) >= 11 is 0. The second kappa shape index (κ2) is 7.04. The third-order valence-electron chi connectivity index (χ3n) is 9.48. The minimum Gasteiger partial charge on any atom is -0.481 e. The third-order valence-corrected chi connectivity index (χ3v) is 9.48. The smallest absolute Gasteiger partial charge is 0.303 e. The fraction of sp³-hybridized carbons (Fsp3) is 0.958. The van der Waals surface area contributed by atoms with Gasteiger partial charge in [0.15, 0.2) is 0 Å². The van der Waals surface area contributed by atoms with E-state index < -0.39 is 30.2 Å². The number of hydrogen-bond donors (Lipinski definition) is 2. The van der Waals surface area contributed by atoms with E-state index in [-0.39, 0.29) is 24.2 Å². The molecule has 27 heavy (non-hydrogen) atoms. The zero-order chi connectivity index (χ0) is 23.0. The van der Waals surface area contributed by atoms with Gasteiger partial charge in [0.1, 0.15) is 0 Å². The highest BCUT2D eigenvalue weighted by Gasteiger charge is 2.60. The number of carboxylic acid groups (broad SMARTS) is 1. The molecule has 0 amide bonds. The van der Waals surface area contributed by atoms with Crippen LogP contribution in [-0.4, -0.2) is 22.3 Å². The van der Waals surface area contributed by atoms with Crippen LogP contribution in [0.25, 0.3) is 0 Å². The lowest BCUT2D eigenvalue weighted by molar-refractivity contribution is -0.138. The average molecular weight is 381 g/mol. The molecule has 0 bridgehead atoms. The largest absolute Gasteiger partial charge is 0.481 e. The fourth-order valence-corrected chi connectivity index (χ4v) is 8.08. The van der Waals surface area contributed by atoms with Gasteiger partial charge in [0.2, 0.25) is 0 Å². The number of aliphatic hydroxyl groups excluding tert-OH is 1. The van der Waals surface area contributed by atoms with Crippen LogP contribution >= 0.6 is 0 Å². The number of aliphatic hydroxyl groups is 1. The zero-order valence-electron chi connectivity index (χ0n) is 21.2. The summed E-state index contributed by atoms with van der Waals surface area (Å²) in [4.78, 5) is 11.1. The molecule has 2 N–H and O–H groups in total. The average Bonchev–Trinajstić information content (AvgIpc) is 3.01. The Morgan fingerprint density at radius 2 is 1.85 bits per heavy atom. The van der Waals surface area contributed by atoms with Gasteiger partial charge in [0, 0.05) is 11.9 Å². The highest BCUT2D eigenvalue weighted by atomic mass is 16.4. The molecule has 0 unspecified atom stereocenters. The molecule has 3 heteroatoms. The van der Waals surface area contributed by atoms with Gasteiger partial charge in [0.05, 0.1) is 6.10 Å². The summed E-state index contributed by atoms with van der Waals surface area (Å²) < 4.78 is 34.1. The molecule has 0 saturated heterocycles. The van der Waals surface area contributed by atoms with Crippen LogP contribution in [0.2, 0.25) is 0 Å². The molecule has 4 fully saturated rings. The van der Waals surface area contributed by atoms with Crippen LogP contribution in [0.3, 0.4) is 0 Å². The first kappa shape index (κ1) is 15.3. The van der Waals surface area contributed by atoms with E-state index in [0.717, 1.165) is 44.9 Å². The fourth-order valence-electron chi connectivity index (χ4n) is 8.08. The van der Waals surface area contributed by atoms with Crippen molar-refractivity contribution < 1.29 is 20.5 Å². The molecule has 4 aliphatic rings. The van der Waals surface area contributed by atoms with Gasteiger partial charge in [-0.2, -0.15) is 0 Å². The van der Waals surface area contributed by atoms with E-state index in [4.69, 9.17) is 10.6 Å². The molecule has 0 heterocycles. The summed E-state index contributed by atoms with van der Waals surface area (Å²) in [6, 6.07) is 0. The number of carboxylic acids is 1. The molecule has 0 aromatic rings. The van der Waals surface area contributed by atoms with Crippen LogP contribution in [0.5, 0.6) is 0 Å². The molecule has 154 valence electrons. The Morgan fingerprint density at radius 1 is 1.11 bits per heavy atom. The van der Waals surface area contributed by atoms with Crippen LogP contribution in [0.15, 0.2) is 0 Å². The van der Waals surface area contributed by atoms with E-state index >= 15 is 0 Å². The van der Waals surface area contributed by atoms with E-state index in [9.17, 15) is 9.90 Å². The van der Waals surface area contributed by atoms with Crippen LogP contribution in [0.1, 0.15) is 96.8 Å². The van der Waals surface area contributed by atoms with Crippen molar-refractivity contribution >= 4 is 5.97 Å². The molecule has 9 atom stereocenters. The summed E-state index contributed by atoms with van der Waals surface area (Å²) in [5.74, 6) is 1.26. The summed E-state index contributed by atoms with van der Waals surface area (Å²) in [6.07, 6.45) is 1.91. The lowest BCUT2D eigenvalue weighted by atomic mass is 9.44. The number of hydrogen-bond acceptors (Lipinski definition) is 2. The lowest BCUT2D eigenvalue weighted by Gasteiger charge is -2.61. The summed E-state index contributed by atoms with van der Waals surface area (Å²) in [6.45, 7) is 6.75. The standard InChI is InChI=1S/C24H40O3/c1-15(4-9-22(26)27)19-7-8-20-18-6-5-16-14-17(25)10-12-23(16,2)21(18)11-13-24(19,20)3/h15-21,25H,4-14H2,1-3H3,(H,26,27)/t15-,16-,17-,18+,19-,20+,21+,23+,24-/m1/s1/i10D2,14D2. The number of aliphatic carboxylic acids is 1. The molecular formula is C24H40O3. The van der Waals surface area contributed by atoms with Crippen LogP contribution in [-0.2, 0) is 4.79 Å². The molecule has 4 aliphatic carbocycles. The Balaban J connectivity index is 1.59. The van der Waals surface area contributed by atoms with Crippen molar-refractivity contribution in [2.75, 3.05) is 0 Å². The van der Waals surface area contributed by atoms with Gasteiger partial charge in [-0.05, 0) is 110 Å². The van der Waals surface area contributed by atoms with Gasteiger partial charge in [-0.15, -0.1) is 0 Å². The topological polar surface area (TPSA) is 57.5 Å². The normalized spacial score (nSPS) is 56.3. The maximum absolute atomic E-state index is 11.1. The summed E-state index contributed by atoms with van der Waals surface area (Å²) in [5, 5.41) is 19.6. The van der Waals surface area contributed by atoms with Crippen molar-refractivity contribution in [1.29, 1.82) is 0 Å². The van der Waals surface area contributed by atoms with Gasteiger partial charge in [-0.3, -0.25) is 4.79 Å². The third kappa shape index (κ3) is 3.16. The lowest BCUT2D eigenvalue weighted by Crippen LogP contribution is -2.54. The van der Waals surface area contributed by atoms with Gasteiger partial charge >= 0.3 is 5.97 Å². The molecule has 0 aromatic heterocycles. The molecule has 3 nitrogen and oxygen atoms in total. The molecular weight excluding hydrogens is 336 g/mol. The number of rotatable bonds is 4. The van der Waals surface area contributed by atoms with Crippen molar-refractivity contribution in [3.8, 4) is 0 Å². The SMILES string of the molecule is [2H]C1([2H])C[C@@]2(C)[C@H](CC[C@@H]3[C@@H]2CC[C@]2(C)[C@@H]([C@H](C)CCC(=O)O)CC[C@@H]32)C([2H])([2H])[C@@H]1O. The van der Waals surface area contributed by atoms with Crippen molar-refractivity contribution in [3.05, 3.63) is 0 Å². The van der Waals surface area contributed by atoms with Gasteiger partial charge < -0.3 is 10.2 Å². The first-order valence-electron chi connectivity index (χ1n) is 13.1. The highest BCUT2D eigenvalue weighted by Crippen LogP contribution is 2.68. The summed E-state index contributed by atoms with van der Waals surface area (Å²) in [5.41, 5.74) is -0.224. The van der Waals surface area contributed by atoms with E-state index in [0.29, 0.717) is 29.6 Å². The number of carbonyl (C=O) groups is 1. The maximum Gasteiger partial charge on any atom is 0.303 e. The Bertz CT molecular complexity index is 728. The van der Waals surface area contributed by atoms with Crippen LogP contribution in [0.4, 0.5) is 0 Å². The van der Waals surface area contributed by atoms with Crippen LogP contribution in [0, 0.1) is 46.3 Å². The van der Waals surface area contributed by atoms with E-state index in [1.54, 1.807) is 0 Å². The van der Waals surface area contributed by atoms with Crippen molar-refractivity contribution in [2.24, 2.45) is 46.3 Å². The Kier molecular flexibility index (Phi) is 3.99. The van der Waals surface area contributed by atoms with Gasteiger partial charge in [0.25, 0.3) is 0 Å². The van der Waals surface area contributed by atoms with E-state index in [2.05, 4.69) is 20.8 Å². The minimum atomic E-state index is -1.90. The minimum absolute atomic E-state index is 0.203. The zero-order valence-corrected chi connectivity index (χ0v) is 17.2. The van der Waals surface area contributed by atoms with Gasteiger partial charge in [-0.1, -0.05) is 20.8 Å². The molecule has 0 spiro atoms. The van der Waals surface area contributed by atoms with Crippen molar-refractivity contribution in [1.82, 2.24) is 0 Å².